The Bertz CT molecular complexity index is 1030. The molecule has 1 aliphatic rings. The topological polar surface area (TPSA) is 86.8 Å². The number of sulfonamides is 1. The fourth-order valence-corrected chi connectivity index (χ4v) is 4.26. The zero-order valence-corrected chi connectivity index (χ0v) is 17.7. The molecule has 0 saturated carbocycles. The van der Waals surface area contributed by atoms with Crippen molar-refractivity contribution in [3.8, 4) is 0 Å². The van der Waals surface area contributed by atoms with Crippen LogP contribution < -0.4 is 5.32 Å². The average Bonchev–Trinajstić information content (AvgIpc) is 2.70. The highest BCUT2D eigenvalue weighted by molar-refractivity contribution is 7.88. The first-order valence-electron chi connectivity index (χ1n) is 9.42. The maximum absolute atomic E-state index is 13.2. The fourth-order valence-electron chi connectivity index (χ4n) is 3.43. The monoisotopic (exact) mass is 433 g/mol. The Balaban J connectivity index is 1.88. The molecule has 0 unspecified atom stereocenters. The SMILES string of the molecule is C[C@@]1(C(=O)NCc2ccccc2)CN(S(C)(=O)=O)CC(=O)N1Cc1ccc(F)cc1. The van der Waals surface area contributed by atoms with Crippen LogP contribution in [0.2, 0.25) is 0 Å². The molecule has 1 saturated heterocycles. The fraction of sp³-hybridized carbons (Fsp3) is 0.333. The number of nitrogens with one attached hydrogen (secondary N) is 1. The van der Waals surface area contributed by atoms with Gasteiger partial charge in [-0.05, 0) is 30.2 Å². The van der Waals surface area contributed by atoms with E-state index in [4.69, 9.17) is 0 Å². The summed E-state index contributed by atoms with van der Waals surface area (Å²) in [6.07, 6.45) is 1.01. The van der Waals surface area contributed by atoms with E-state index >= 15 is 0 Å². The van der Waals surface area contributed by atoms with Gasteiger partial charge in [-0.25, -0.2) is 12.8 Å². The number of halogens is 1. The molecule has 0 aliphatic carbocycles. The van der Waals surface area contributed by atoms with Crippen LogP contribution in [0.3, 0.4) is 0 Å². The lowest BCUT2D eigenvalue weighted by molar-refractivity contribution is -0.153. The number of hydrogen-bond acceptors (Lipinski definition) is 4. The number of nitrogens with zero attached hydrogens (tertiary/aromatic N) is 2. The van der Waals surface area contributed by atoms with Gasteiger partial charge in [0.15, 0.2) is 0 Å². The lowest BCUT2D eigenvalue weighted by atomic mass is 9.94. The molecule has 1 N–H and O–H groups in total. The lowest BCUT2D eigenvalue weighted by Crippen LogP contribution is -2.69. The number of rotatable bonds is 6. The first-order valence-corrected chi connectivity index (χ1v) is 11.3. The summed E-state index contributed by atoms with van der Waals surface area (Å²) in [6, 6.07) is 14.9. The summed E-state index contributed by atoms with van der Waals surface area (Å²) in [5.74, 6) is -1.36. The van der Waals surface area contributed by atoms with Gasteiger partial charge >= 0.3 is 0 Å². The van der Waals surface area contributed by atoms with Crippen molar-refractivity contribution in [2.75, 3.05) is 19.3 Å². The maximum atomic E-state index is 13.2. The van der Waals surface area contributed by atoms with Gasteiger partial charge in [0, 0.05) is 19.6 Å². The summed E-state index contributed by atoms with van der Waals surface area (Å²) in [6.45, 7) is 1.34. The number of piperazine rings is 1. The molecule has 0 bridgehead atoms. The van der Waals surface area contributed by atoms with Gasteiger partial charge in [-0.3, -0.25) is 9.59 Å². The molecule has 2 aromatic rings. The zero-order chi connectivity index (χ0) is 21.9. The Hall–Kier alpha value is -2.78. The lowest BCUT2D eigenvalue weighted by Gasteiger charge is -2.46. The molecular formula is C21H24FN3O4S. The number of carbonyl (C=O) groups excluding carboxylic acids is 2. The Labute approximate surface area is 175 Å². The van der Waals surface area contributed by atoms with Crippen LogP contribution in [-0.2, 0) is 32.7 Å². The summed E-state index contributed by atoms with van der Waals surface area (Å²) in [4.78, 5) is 27.4. The van der Waals surface area contributed by atoms with Crippen LogP contribution in [0.15, 0.2) is 54.6 Å². The molecule has 1 fully saturated rings. The van der Waals surface area contributed by atoms with Crippen molar-refractivity contribution in [2.24, 2.45) is 0 Å². The minimum Gasteiger partial charge on any atom is -0.350 e. The quantitative estimate of drug-likeness (QED) is 0.748. The molecule has 1 atom stereocenters. The van der Waals surface area contributed by atoms with Gasteiger partial charge in [0.2, 0.25) is 21.8 Å². The smallest absolute Gasteiger partial charge is 0.247 e. The third kappa shape index (κ3) is 4.85. The molecule has 1 aliphatic heterocycles. The second kappa shape index (κ2) is 8.53. The van der Waals surface area contributed by atoms with Crippen molar-refractivity contribution in [1.82, 2.24) is 14.5 Å². The number of amides is 2. The molecular weight excluding hydrogens is 409 g/mol. The van der Waals surface area contributed by atoms with Crippen LogP contribution in [0.4, 0.5) is 4.39 Å². The van der Waals surface area contributed by atoms with E-state index in [1.165, 1.54) is 29.2 Å². The standard InChI is InChI=1S/C21H24FN3O4S/c1-21(20(27)23-12-16-6-4-3-5-7-16)15-24(30(2,28)29)14-19(26)25(21)13-17-8-10-18(22)11-9-17/h3-11H,12-15H2,1-2H3,(H,23,27)/t21-/m0/s1. The van der Waals surface area contributed by atoms with Crippen molar-refractivity contribution in [1.29, 1.82) is 0 Å². The largest absolute Gasteiger partial charge is 0.350 e. The van der Waals surface area contributed by atoms with Crippen molar-refractivity contribution < 1.29 is 22.4 Å². The van der Waals surface area contributed by atoms with Crippen LogP contribution in [0.25, 0.3) is 0 Å². The van der Waals surface area contributed by atoms with Crippen LogP contribution in [0.1, 0.15) is 18.1 Å². The second-order valence-electron chi connectivity index (χ2n) is 7.58. The number of carbonyl (C=O) groups is 2. The Morgan fingerprint density at radius 2 is 1.73 bits per heavy atom. The van der Waals surface area contributed by atoms with E-state index in [0.29, 0.717) is 5.56 Å². The molecule has 160 valence electrons. The predicted octanol–water partition coefficient (Wildman–Crippen LogP) is 1.50. The van der Waals surface area contributed by atoms with Gasteiger partial charge in [0.05, 0.1) is 12.8 Å². The van der Waals surface area contributed by atoms with Crippen LogP contribution in [-0.4, -0.2) is 54.3 Å². The summed E-state index contributed by atoms with van der Waals surface area (Å²) >= 11 is 0. The molecule has 9 heteroatoms. The Kier molecular flexibility index (Phi) is 6.23. The minimum absolute atomic E-state index is 0.0615. The first kappa shape index (κ1) is 21.9. The third-order valence-electron chi connectivity index (χ3n) is 5.20. The van der Waals surface area contributed by atoms with E-state index < -0.39 is 33.2 Å². The summed E-state index contributed by atoms with van der Waals surface area (Å²) < 4.78 is 38.5. The van der Waals surface area contributed by atoms with E-state index in [-0.39, 0.29) is 26.2 Å². The summed E-state index contributed by atoms with van der Waals surface area (Å²) in [7, 11) is -3.68. The van der Waals surface area contributed by atoms with Gasteiger partial charge in [-0.2, -0.15) is 4.31 Å². The van der Waals surface area contributed by atoms with E-state index in [9.17, 15) is 22.4 Å². The van der Waals surface area contributed by atoms with Gasteiger partial charge in [-0.15, -0.1) is 0 Å². The van der Waals surface area contributed by atoms with Crippen LogP contribution >= 0.6 is 0 Å². The highest BCUT2D eigenvalue weighted by Gasteiger charge is 2.49. The maximum Gasteiger partial charge on any atom is 0.247 e. The van der Waals surface area contributed by atoms with Crippen molar-refractivity contribution in [2.45, 2.75) is 25.6 Å². The van der Waals surface area contributed by atoms with E-state index in [1.807, 2.05) is 30.3 Å². The van der Waals surface area contributed by atoms with E-state index in [0.717, 1.165) is 16.1 Å². The summed E-state index contributed by atoms with van der Waals surface area (Å²) in [5.41, 5.74) is 0.0861. The molecule has 7 nitrogen and oxygen atoms in total. The molecule has 30 heavy (non-hydrogen) atoms. The molecule has 0 radical (unpaired) electrons. The molecule has 0 aromatic heterocycles. The minimum atomic E-state index is -3.68. The van der Waals surface area contributed by atoms with Crippen LogP contribution in [0.5, 0.6) is 0 Å². The zero-order valence-electron chi connectivity index (χ0n) is 16.8. The molecule has 2 amide bonds. The predicted molar refractivity (Wildman–Crippen MR) is 110 cm³/mol. The summed E-state index contributed by atoms with van der Waals surface area (Å²) in [5, 5.41) is 2.81. The average molecular weight is 434 g/mol. The molecule has 3 rings (SSSR count). The third-order valence-corrected chi connectivity index (χ3v) is 6.40. The van der Waals surface area contributed by atoms with Gasteiger partial charge in [0.25, 0.3) is 0 Å². The Morgan fingerprint density at radius 1 is 1.10 bits per heavy atom. The van der Waals surface area contributed by atoms with Crippen molar-refractivity contribution >= 4 is 21.8 Å². The second-order valence-corrected chi connectivity index (χ2v) is 9.56. The van der Waals surface area contributed by atoms with Crippen molar-refractivity contribution in [3.05, 3.63) is 71.5 Å². The van der Waals surface area contributed by atoms with E-state index in [1.54, 1.807) is 6.92 Å². The number of benzene rings is 2. The van der Waals surface area contributed by atoms with Crippen LogP contribution in [0, 0.1) is 5.82 Å². The highest BCUT2D eigenvalue weighted by Crippen LogP contribution is 2.27. The molecule has 2 aromatic carbocycles. The van der Waals surface area contributed by atoms with Gasteiger partial charge in [0.1, 0.15) is 11.4 Å². The van der Waals surface area contributed by atoms with Crippen molar-refractivity contribution in [3.63, 3.8) is 0 Å². The molecule has 0 spiro atoms. The normalized spacial score (nSPS) is 20.2. The number of hydrogen-bond donors (Lipinski definition) is 1. The van der Waals surface area contributed by atoms with Gasteiger partial charge < -0.3 is 10.2 Å². The molecule has 1 heterocycles. The first-order chi connectivity index (χ1) is 14.1. The Morgan fingerprint density at radius 3 is 2.33 bits per heavy atom. The highest BCUT2D eigenvalue weighted by atomic mass is 32.2. The van der Waals surface area contributed by atoms with Gasteiger partial charge in [-0.1, -0.05) is 42.5 Å². The van der Waals surface area contributed by atoms with E-state index in [2.05, 4.69) is 5.32 Å².